The van der Waals surface area contributed by atoms with Crippen molar-refractivity contribution in [2.24, 2.45) is 11.3 Å². The van der Waals surface area contributed by atoms with Crippen molar-refractivity contribution in [1.82, 2.24) is 0 Å². The van der Waals surface area contributed by atoms with Crippen LogP contribution in [0.1, 0.15) is 76.8 Å². The van der Waals surface area contributed by atoms with Crippen LogP contribution in [-0.2, 0) is 5.60 Å². The predicted octanol–water partition coefficient (Wildman–Crippen LogP) is 5.82. The summed E-state index contributed by atoms with van der Waals surface area (Å²) in [5.41, 5.74) is 6.17. The minimum Gasteiger partial charge on any atom is -0.393 e. The summed E-state index contributed by atoms with van der Waals surface area (Å²) < 4.78 is 0. The Hall–Kier alpha value is -1.94. The fourth-order valence-electron chi connectivity index (χ4n) is 6.00. The number of rotatable bonds is 3. The van der Waals surface area contributed by atoms with Crippen LogP contribution in [0.15, 0.2) is 65.3 Å². The van der Waals surface area contributed by atoms with E-state index in [1.807, 2.05) is 26.0 Å². The number of aliphatic hydroxyl groups excluding tert-OH is 2. The van der Waals surface area contributed by atoms with Crippen molar-refractivity contribution in [3.8, 4) is 0 Å². The van der Waals surface area contributed by atoms with Crippen LogP contribution in [0.2, 0.25) is 0 Å². The molecule has 3 fully saturated rings. The lowest BCUT2D eigenvalue weighted by Gasteiger charge is -2.39. The Morgan fingerprint density at radius 3 is 2.69 bits per heavy atom. The molecule has 0 saturated heterocycles. The van der Waals surface area contributed by atoms with Crippen molar-refractivity contribution in [1.29, 1.82) is 0 Å². The zero-order chi connectivity index (χ0) is 23.1. The molecular weight excluding hydrogens is 396 g/mol. The number of hydrogen-bond donors (Lipinski definition) is 3. The van der Waals surface area contributed by atoms with Gasteiger partial charge in [0, 0.05) is 6.42 Å². The molecule has 0 unspecified atom stereocenters. The quantitative estimate of drug-likeness (QED) is 0.561. The van der Waals surface area contributed by atoms with Crippen LogP contribution in [-0.4, -0.2) is 27.5 Å². The number of allylic oxidation sites excluding steroid dienone is 4. The molecule has 0 bridgehead atoms. The summed E-state index contributed by atoms with van der Waals surface area (Å²) in [6, 6.07) is 8.27. The molecule has 0 heterocycles. The summed E-state index contributed by atoms with van der Waals surface area (Å²) in [6.07, 6.45) is 12.3. The SMILES string of the molecule is C=C1/C(=C\C=C2/CCC[C@]3(C)/C(=C/c4cccc(C(C)(C)O)c4)CC[C@@H]23)C[C@@H](O)C[C@@H]1O. The van der Waals surface area contributed by atoms with Crippen LogP contribution in [0.5, 0.6) is 0 Å². The van der Waals surface area contributed by atoms with E-state index >= 15 is 0 Å². The highest BCUT2D eigenvalue weighted by atomic mass is 16.3. The van der Waals surface area contributed by atoms with Crippen LogP contribution < -0.4 is 0 Å². The molecule has 3 aliphatic carbocycles. The molecule has 1 aromatic rings. The number of hydrogen-bond acceptors (Lipinski definition) is 3. The second-order valence-electron chi connectivity index (χ2n) is 10.8. The van der Waals surface area contributed by atoms with Gasteiger partial charge in [0.1, 0.15) is 0 Å². The molecule has 3 aliphatic rings. The molecule has 3 heteroatoms. The summed E-state index contributed by atoms with van der Waals surface area (Å²) in [5, 5.41) is 30.6. The van der Waals surface area contributed by atoms with E-state index in [4.69, 9.17) is 0 Å². The molecule has 4 rings (SSSR count). The largest absolute Gasteiger partial charge is 0.393 e. The molecule has 0 aromatic heterocycles. The van der Waals surface area contributed by atoms with Crippen LogP contribution in [0, 0.1) is 11.3 Å². The van der Waals surface area contributed by atoms with Gasteiger partial charge in [0.15, 0.2) is 0 Å². The van der Waals surface area contributed by atoms with Gasteiger partial charge in [-0.2, -0.15) is 0 Å². The summed E-state index contributed by atoms with van der Waals surface area (Å²) in [6.45, 7) is 10.1. The highest BCUT2D eigenvalue weighted by Gasteiger charge is 2.45. The van der Waals surface area contributed by atoms with Crippen LogP contribution >= 0.6 is 0 Å². The maximum atomic E-state index is 10.4. The Balaban J connectivity index is 1.60. The standard InChI is InChI=1S/C29H38O3/c1-19-22(17-25(30)18-27(19)31)11-10-21-8-6-14-29(4)24(12-13-26(21)29)16-20-7-5-9-23(15-20)28(2,3)32/h5,7,9-11,15-16,25-27,30-32H,1,6,8,12-14,17-18H2,2-4H3/b21-10+,22-11-,24-16+/t25-,26+,27+,29-/m1/s1. The Kier molecular flexibility index (Phi) is 6.37. The minimum atomic E-state index is -0.838. The van der Waals surface area contributed by atoms with E-state index < -0.39 is 17.8 Å². The number of fused-ring (bicyclic) bond motifs is 1. The Labute approximate surface area is 192 Å². The van der Waals surface area contributed by atoms with E-state index in [1.54, 1.807) is 0 Å². The van der Waals surface area contributed by atoms with Crippen molar-refractivity contribution in [2.75, 3.05) is 0 Å². The van der Waals surface area contributed by atoms with E-state index in [1.165, 1.54) is 29.6 Å². The third-order valence-electron chi connectivity index (χ3n) is 8.01. The molecule has 4 atom stereocenters. The van der Waals surface area contributed by atoms with E-state index in [0.717, 1.165) is 36.0 Å². The van der Waals surface area contributed by atoms with Crippen molar-refractivity contribution in [3.63, 3.8) is 0 Å². The molecule has 0 amide bonds. The van der Waals surface area contributed by atoms with Gasteiger partial charge in [-0.3, -0.25) is 0 Å². The molecule has 172 valence electrons. The van der Waals surface area contributed by atoms with Crippen LogP contribution in [0.4, 0.5) is 0 Å². The predicted molar refractivity (Wildman–Crippen MR) is 131 cm³/mol. The zero-order valence-corrected chi connectivity index (χ0v) is 19.8. The van der Waals surface area contributed by atoms with Gasteiger partial charge >= 0.3 is 0 Å². The highest BCUT2D eigenvalue weighted by molar-refractivity contribution is 5.57. The van der Waals surface area contributed by atoms with Crippen molar-refractivity contribution in [3.05, 3.63) is 76.4 Å². The summed E-state index contributed by atoms with van der Waals surface area (Å²) in [5.74, 6) is 0.531. The zero-order valence-electron chi connectivity index (χ0n) is 19.8. The summed E-state index contributed by atoms with van der Waals surface area (Å²) in [4.78, 5) is 0. The molecule has 3 N–H and O–H groups in total. The lowest BCUT2D eigenvalue weighted by Crippen LogP contribution is -2.29. The van der Waals surface area contributed by atoms with Crippen molar-refractivity contribution in [2.45, 2.75) is 83.5 Å². The monoisotopic (exact) mass is 434 g/mol. The maximum absolute atomic E-state index is 10.4. The fourth-order valence-corrected chi connectivity index (χ4v) is 6.00. The van der Waals surface area contributed by atoms with E-state index in [9.17, 15) is 15.3 Å². The van der Waals surface area contributed by atoms with E-state index in [0.29, 0.717) is 18.8 Å². The molecular formula is C29H38O3. The van der Waals surface area contributed by atoms with Gasteiger partial charge in [0.2, 0.25) is 0 Å². The first kappa shape index (κ1) is 23.2. The molecule has 3 nitrogen and oxygen atoms in total. The molecule has 32 heavy (non-hydrogen) atoms. The van der Waals surface area contributed by atoms with Gasteiger partial charge in [0.05, 0.1) is 17.8 Å². The fraction of sp³-hybridized carbons (Fsp3) is 0.517. The summed E-state index contributed by atoms with van der Waals surface area (Å²) >= 11 is 0. The minimum absolute atomic E-state index is 0.163. The van der Waals surface area contributed by atoms with Crippen LogP contribution in [0.3, 0.4) is 0 Å². The molecule has 3 saturated carbocycles. The topological polar surface area (TPSA) is 60.7 Å². The Morgan fingerprint density at radius 1 is 1.16 bits per heavy atom. The smallest absolute Gasteiger partial charge is 0.0840 e. The normalized spacial score (nSPS) is 35.0. The van der Waals surface area contributed by atoms with E-state index in [2.05, 4.69) is 43.9 Å². The second kappa shape index (κ2) is 8.78. The average molecular weight is 435 g/mol. The Bertz CT molecular complexity index is 974. The van der Waals surface area contributed by atoms with Crippen LogP contribution in [0.25, 0.3) is 6.08 Å². The molecule has 0 radical (unpaired) electrons. The van der Waals surface area contributed by atoms with Gasteiger partial charge in [-0.05, 0) is 92.0 Å². The van der Waals surface area contributed by atoms with Gasteiger partial charge < -0.3 is 15.3 Å². The van der Waals surface area contributed by atoms with Gasteiger partial charge in [0.25, 0.3) is 0 Å². The lowest BCUT2D eigenvalue weighted by atomic mass is 9.65. The maximum Gasteiger partial charge on any atom is 0.0840 e. The third-order valence-corrected chi connectivity index (χ3v) is 8.01. The first-order valence-corrected chi connectivity index (χ1v) is 12.1. The number of aliphatic hydroxyl groups is 3. The Morgan fingerprint density at radius 2 is 1.94 bits per heavy atom. The highest BCUT2D eigenvalue weighted by Crippen LogP contribution is 2.57. The first-order chi connectivity index (χ1) is 15.1. The van der Waals surface area contributed by atoms with Gasteiger partial charge in [-0.15, -0.1) is 0 Å². The number of benzene rings is 1. The van der Waals surface area contributed by atoms with Crippen molar-refractivity contribution >= 4 is 6.08 Å². The molecule has 0 aliphatic heterocycles. The van der Waals surface area contributed by atoms with E-state index in [-0.39, 0.29) is 5.41 Å². The van der Waals surface area contributed by atoms with Gasteiger partial charge in [-0.25, -0.2) is 0 Å². The molecule has 0 spiro atoms. The first-order valence-electron chi connectivity index (χ1n) is 12.1. The second-order valence-corrected chi connectivity index (χ2v) is 10.8. The average Bonchev–Trinajstić information content (AvgIpc) is 3.06. The molecule has 1 aromatic carbocycles. The third kappa shape index (κ3) is 4.57. The summed E-state index contributed by atoms with van der Waals surface area (Å²) in [7, 11) is 0. The van der Waals surface area contributed by atoms with Crippen molar-refractivity contribution < 1.29 is 15.3 Å². The lowest BCUT2D eigenvalue weighted by molar-refractivity contribution is 0.0785. The van der Waals surface area contributed by atoms with Gasteiger partial charge in [-0.1, -0.05) is 61.1 Å².